The lowest BCUT2D eigenvalue weighted by molar-refractivity contribution is 0.527. The molecule has 4 unspecified atom stereocenters. The minimum atomic E-state index is 0.549. The van der Waals surface area contributed by atoms with Gasteiger partial charge in [-0.05, 0) is 0 Å². The number of fused-ring (bicyclic) bond motifs is 3. The molecule has 0 amide bonds. The zero-order chi connectivity index (χ0) is 8.67. The minimum Gasteiger partial charge on any atom is -0.303 e. The van der Waals surface area contributed by atoms with Crippen LogP contribution in [0.25, 0.3) is 0 Å². The smallest absolute Gasteiger partial charge is 0.0328 e. The third kappa shape index (κ3) is 1.04. The molecule has 0 aromatic heterocycles. The highest BCUT2D eigenvalue weighted by molar-refractivity contribution is 5.30. The Morgan fingerprint density at radius 2 is 1.08 bits per heavy atom. The standard InChI is InChI=1S/C12H13N/c1-3-7-11-9(5-1)10-6-2-4-8-12(10)13-11/h1-13H. The lowest BCUT2D eigenvalue weighted by Gasteiger charge is -2.20. The van der Waals surface area contributed by atoms with Crippen LogP contribution in [0, 0.1) is 11.8 Å². The SMILES string of the molecule is C1=CC2NC3C=CC=CC3C2C=C1. The molecule has 1 aliphatic heterocycles. The van der Waals surface area contributed by atoms with Crippen molar-refractivity contribution in [1.29, 1.82) is 0 Å². The molecule has 3 rings (SSSR count). The van der Waals surface area contributed by atoms with Crippen molar-refractivity contribution >= 4 is 0 Å². The topological polar surface area (TPSA) is 12.0 Å². The normalized spacial score (nSPS) is 44.9. The first-order valence-corrected chi connectivity index (χ1v) is 4.91. The van der Waals surface area contributed by atoms with Gasteiger partial charge in [-0.1, -0.05) is 48.6 Å². The summed E-state index contributed by atoms with van der Waals surface area (Å²) in [5.41, 5.74) is 0. The molecule has 0 aromatic rings. The van der Waals surface area contributed by atoms with Gasteiger partial charge < -0.3 is 5.32 Å². The Kier molecular flexibility index (Phi) is 1.53. The first kappa shape index (κ1) is 7.34. The van der Waals surface area contributed by atoms with E-state index in [0.717, 1.165) is 0 Å². The van der Waals surface area contributed by atoms with Crippen molar-refractivity contribution in [2.45, 2.75) is 12.1 Å². The van der Waals surface area contributed by atoms with Gasteiger partial charge in [0.15, 0.2) is 0 Å². The van der Waals surface area contributed by atoms with Crippen LogP contribution in [-0.2, 0) is 0 Å². The van der Waals surface area contributed by atoms with Crippen LogP contribution in [0.15, 0.2) is 48.6 Å². The van der Waals surface area contributed by atoms with Crippen molar-refractivity contribution in [1.82, 2.24) is 5.32 Å². The number of allylic oxidation sites excluding steroid dienone is 4. The van der Waals surface area contributed by atoms with Crippen molar-refractivity contribution in [3.8, 4) is 0 Å². The van der Waals surface area contributed by atoms with Gasteiger partial charge in [-0.15, -0.1) is 0 Å². The van der Waals surface area contributed by atoms with Crippen LogP contribution in [-0.4, -0.2) is 12.1 Å². The molecule has 0 aromatic carbocycles. The van der Waals surface area contributed by atoms with Crippen LogP contribution in [0.5, 0.6) is 0 Å². The summed E-state index contributed by atoms with van der Waals surface area (Å²) in [5, 5.41) is 3.62. The van der Waals surface area contributed by atoms with E-state index in [9.17, 15) is 0 Å². The second-order valence-electron chi connectivity index (χ2n) is 3.91. The number of rotatable bonds is 0. The third-order valence-electron chi connectivity index (χ3n) is 3.18. The fourth-order valence-corrected chi connectivity index (χ4v) is 2.54. The van der Waals surface area contributed by atoms with Crippen LogP contribution in [0.2, 0.25) is 0 Å². The lowest BCUT2D eigenvalue weighted by Crippen LogP contribution is -2.29. The summed E-state index contributed by atoms with van der Waals surface area (Å²) in [6.07, 6.45) is 17.8. The molecule has 0 bridgehead atoms. The van der Waals surface area contributed by atoms with Crippen molar-refractivity contribution in [3.05, 3.63) is 48.6 Å². The largest absolute Gasteiger partial charge is 0.303 e. The Bertz CT molecular complexity index is 290. The monoisotopic (exact) mass is 171 g/mol. The van der Waals surface area contributed by atoms with Gasteiger partial charge in [0.1, 0.15) is 0 Å². The first-order chi connectivity index (χ1) is 6.45. The van der Waals surface area contributed by atoms with Gasteiger partial charge in [0.2, 0.25) is 0 Å². The van der Waals surface area contributed by atoms with Gasteiger partial charge in [-0.2, -0.15) is 0 Å². The van der Waals surface area contributed by atoms with E-state index in [1.807, 2.05) is 0 Å². The van der Waals surface area contributed by atoms with Crippen LogP contribution >= 0.6 is 0 Å². The Morgan fingerprint density at radius 1 is 0.615 bits per heavy atom. The van der Waals surface area contributed by atoms with Crippen molar-refractivity contribution in [3.63, 3.8) is 0 Å². The molecule has 3 aliphatic rings. The van der Waals surface area contributed by atoms with Gasteiger partial charge in [0.05, 0.1) is 0 Å². The molecular formula is C12H13N. The van der Waals surface area contributed by atoms with Crippen molar-refractivity contribution in [2.75, 3.05) is 0 Å². The van der Waals surface area contributed by atoms with Gasteiger partial charge in [0, 0.05) is 23.9 Å². The maximum atomic E-state index is 3.62. The molecule has 1 heteroatoms. The van der Waals surface area contributed by atoms with Gasteiger partial charge >= 0.3 is 0 Å². The highest BCUT2D eigenvalue weighted by Crippen LogP contribution is 2.34. The molecule has 1 heterocycles. The van der Waals surface area contributed by atoms with Crippen LogP contribution in [0.4, 0.5) is 0 Å². The zero-order valence-corrected chi connectivity index (χ0v) is 7.43. The van der Waals surface area contributed by atoms with Gasteiger partial charge in [-0.3, -0.25) is 0 Å². The summed E-state index contributed by atoms with van der Waals surface area (Å²) >= 11 is 0. The summed E-state index contributed by atoms with van der Waals surface area (Å²) in [4.78, 5) is 0. The fraction of sp³-hybridized carbons (Fsp3) is 0.333. The van der Waals surface area contributed by atoms with E-state index in [0.29, 0.717) is 23.9 Å². The second kappa shape index (κ2) is 2.71. The zero-order valence-electron chi connectivity index (χ0n) is 7.43. The van der Waals surface area contributed by atoms with E-state index in [-0.39, 0.29) is 0 Å². The molecule has 4 atom stereocenters. The third-order valence-corrected chi connectivity index (χ3v) is 3.18. The maximum Gasteiger partial charge on any atom is 0.0328 e. The van der Waals surface area contributed by atoms with E-state index < -0.39 is 0 Å². The van der Waals surface area contributed by atoms with Crippen molar-refractivity contribution in [2.24, 2.45) is 11.8 Å². The maximum absolute atomic E-state index is 3.62. The molecule has 2 aliphatic carbocycles. The summed E-state index contributed by atoms with van der Waals surface area (Å²) < 4.78 is 0. The van der Waals surface area contributed by atoms with E-state index >= 15 is 0 Å². The molecule has 1 nitrogen and oxygen atoms in total. The summed E-state index contributed by atoms with van der Waals surface area (Å²) in [7, 11) is 0. The van der Waals surface area contributed by atoms with Crippen LogP contribution < -0.4 is 5.32 Å². The van der Waals surface area contributed by atoms with E-state index in [4.69, 9.17) is 0 Å². The summed E-state index contributed by atoms with van der Waals surface area (Å²) in [6.45, 7) is 0. The number of hydrogen-bond donors (Lipinski definition) is 1. The van der Waals surface area contributed by atoms with Gasteiger partial charge in [0.25, 0.3) is 0 Å². The molecule has 0 radical (unpaired) electrons. The van der Waals surface area contributed by atoms with Gasteiger partial charge in [-0.25, -0.2) is 0 Å². The number of nitrogens with one attached hydrogen (secondary N) is 1. The molecule has 0 spiro atoms. The summed E-state index contributed by atoms with van der Waals surface area (Å²) in [5.74, 6) is 1.33. The minimum absolute atomic E-state index is 0.549. The average Bonchev–Trinajstić information content (AvgIpc) is 2.56. The first-order valence-electron chi connectivity index (χ1n) is 4.91. The Balaban J connectivity index is 1.95. The second-order valence-corrected chi connectivity index (χ2v) is 3.91. The molecule has 1 saturated heterocycles. The molecule has 0 saturated carbocycles. The highest BCUT2D eigenvalue weighted by Gasteiger charge is 2.38. The Hall–Kier alpha value is -1.08. The molecule has 66 valence electrons. The van der Waals surface area contributed by atoms with Crippen LogP contribution in [0.3, 0.4) is 0 Å². The average molecular weight is 171 g/mol. The highest BCUT2D eigenvalue weighted by atomic mass is 15.0. The van der Waals surface area contributed by atoms with Crippen molar-refractivity contribution < 1.29 is 0 Å². The van der Waals surface area contributed by atoms with E-state index in [1.165, 1.54) is 0 Å². The van der Waals surface area contributed by atoms with E-state index in [2.05, 4.69) is 53.9 Å². The fourth-order valence-electron chi connectivity index (χ4n) is 2.54. The molecule has 1 fully saturated rings. The molecular weight excluding hydrogens is 158 g/mol. The summed E-state index contributed by atoms with van der Waals surface area (Å²) in [6, 6.07) is 1.10. The quantitative estimate of drug-likeness (QED) is 0.586. The molecule has 13 heavy (non-hydrogen) atoms. The number of hydrogen-bond acceptors (Lipinski definition) is 1. The van der Waals surface area contributed by atoms with E-state index in [1.54, 1.807) is 0 Å². The predicted octanol–water partition coefficient (Wildman–Crippen LogP) is 1.81. The predicted molar refractivity (Wildman–Crippen MR) is 54.3 cm³/mol. The molecule has 1 N–H and O–H groups in total. The van der Waals surface area contributed by atoms with Crippen LogP contribution in [0.1, 0.15) is 0 Å². The lowest BCUT2D eigenvalue weighted by atomic mass is 9.83. The Labute approximate surface area is 78.5 Å². The Morgan fingerprint density at radius 3 is 1.62 bits per heavy atom.